The normalized spacial score (nSPS) is 10.6. The lowest BCUT2D eigenvalue weighted by molar-refractivity contribution is 0.894. The van der Waals surface area contributed by atoms with E-state index in [9.17, 15) is 0 Å². The zero-order chi connectivity index (χ0) is 11.1. The van der Waals surface area contributed by atoms with Gasteiger partial charge in [-0.3, -0.25) is 0 Å². The second-order valence-electron chi connectivity index (χ2n) is 3.49. The SMILES string of the molecule is CCCCSc1cc(Cl)ccc1CCN. The average molecular weight is 244 g/mol. The Kier molecular flexibility index (Phi) is 6.15. The van der Waals surface area contributed by atoms with Gasteiger partial charge < -0.3 is 5.73 Å². The molecule has 0 saturated heterocycles. The molecule has 0 saturated carbocycles. The molecule has 0 radical (unpaired) electrons. The molecule has 84 valence electrons. The van der Waals surface area contributed by atoms with Gasteiger partial charge in [0.1, 0.15) is 0 Å². The molecule has 0 spiro atoms. The third-order valence-electron chi connectivity index (χ3n) is 2.20. The van der Waals surface area contributed by atoms with E-state index < -0.39 is 0 Å². The summed E-state index contributed by atoms with van der Waals surface area (Å²) in [6.45, 7) is 2.91. The van der Waals surface area contributed by atoms with E-state index in [1.165, 1.54) is 23.3 Å². The molecular formula is C12H18ClNS. The summed E-state index contributed by atoms with van der Waals surface area (Å²) in [5, 5.41) is 0.815. The maximum atomic E-state index is 5.99. The highest BCUT2D eigenvalue weighted by molar-refractivity contribution is 7.99. The lowest BCUT2D eigenvalue weighted by Crippen LogP contribution is -2.03. The number of benzene rings is 1. The van der Waals surface area contributed by atoms with Gasteiger partial charge in [0.2, 0.25) is 0 Å². The Morgan fingerprint density at radius 3 is 2.87 bits per heavy atom. The van der Waals surface area contributed by atoms with Crippen LogP contribution in [0.5, 0.6) is 0 Å². The van der Waals surface area contributed by atoms with Gasteiger partial charge in [0, 0.05) is 9.92 Å². The summed E-state index contributed by atoms with van der Waals surface area (Å²) in [4.78, 5) is 1.29. The largest absolute Gasteiger partial charge is 0.330 e. The van der Waals surface area contributed by atoms with Crippen molar-refractivity contribution in [2.75, 3.05) is 12.3 Å². The number of rotatable bonds is 6. The Balaban J connectivity index is 2.68. The maximum absolute atomic E-state index is 5.99. The number of nitrogens with two attached hydrogens (primary N) is 1. The minimum absolute atomic E-state index is 0.697. The average Bonchev–Trinajstić information content (AvgIpc) is 2.22. The molecule has 1 aromatic carbocycles. The Bertz CT molecular complexity index is 302. The number of thioether (sulfide) groups is 1. The van der Waals surface area contributed by atoms with Crippen LogP contribution in [0.15, 0.2) is 23.1 Å². The highest BCUT2D eigenvalue weighted by Gasteiger charge is 2.03. The second-order valence-corrected chi connectivity index (χ2v) is 5.07. The Hall–Kier alpha value is -0.180. The molecule has 0 aromatic heterocycles. The van der Waals surface area contributed by atoms with E-state index in [2.05, 4.69) is 13.0 Å². The first kappa shape index (κ1) is 12.9. The van der Waals surface area contributed by atoms with Crippen molar-refractivity contribution >= 4 is 23.4 Å². The van der Waals surface area contributed by atoms with Crippen molar-refractivity contribution in [3.63, 3.8) is 0 Å². The standard InChI is InChI=1S/C12H18ClNS/c1-2-3-8-15-12-9-11(13)5-4-10(12)6-7-14/h4-5,9H,2-3,6-8,14H2,1H3. The van der Waals surface area contributed by atoms with Gasteiger partial charge in [-0.05, 0) is 42.8 Å². The van der Waals surface area contributed by atoms with Crippen molar-refractivity contribution in [1.29, 1.82) is 0 Å². The van der Waals surface area contributed by atoms with Crippen LogP contribution in [0.2, 0.25) is 5.02 Å². The molecule has 1 aromatic rings. The lowest BCUT2D eigenvalue weighted by Gasteiger charge is -2.08. The van der Waals surface area contributed by atoms with E-state index >= 15 is 0 Å². The van der Waals surface area contributed by atoms with E-state index in [0.29, 0.717) is 6.54 Å². The number of unbranched alkanes of at least 4 members (excludes halogenated alkanes) is 1. The summed E-state index contributed by atoms with van der Waals surface area (Å²) >= 11 is 7.87. The van der Waals surface area contributed by atoms with Crippen molar-refractivity contribution in [2.45, 2.75) is 31.1 Å². The Labute approximate surface area is 101 Å². The first-order valence-corrected chi connectivity index (χ1v) is 6.75. The van der Waals surface area contributed by atoms with Crippen LogP contribution in [0.1, 0.15) is 25.3 Å². The molecule has 0 unspecified atom stereocenters. The van der Waals surface area contributed by atoms with E-state index in [4.69, 9.17) is 17.3 Å². The molecule has 0 bridgehead atoms. The van der Waals surface area contributed by atoms with Crippen molar-refractivity contribution < 1.29 is 0 Å². The molecular weight excluding hydrogens is 226 g/mol. The monoisotopic (exact) mass is 243 g/mol. The quantitative estimate of drug-likeness (QED) is 0.609. The van der Waals surface area contributed by atoms with Crippen LogP contribution in [0.3, 0.4) is 0 Å². The summed E-state index contributed by atoms with van der Waals surface area (Å²) in [7, 11) is 0. The predicted octanol–water partition coefficient (Wildman–Crippen LogP) is 3.73. The van der Waals surface area contributed by atoms with Gasteiger partial charge in [0.05, 0.1) is 0 Å². The third kappa shape index (κ3) is 4.45. The Morgan fingerprint density at radius 1 is 1.40 bits per heavy atom. The van der Waals surface area contributed by atoms with Crippen LogP contribution >= 0.6 is 23.4 Å². The summed E-state index contributed by atoms with van der Waals surface area (Å²) in [6.07, 6.45) is 3.42. The van der Waals surface area contributed by atoms with Crippen molar-refractivity contribution in [3.8, 4) is 0 Å². The molecule has 0 amide bonds. The summed E-state index contributed by atoms with van der Waals surface area (Å²) < 4.78 is 0. The first-order chi connectivity index (χ1) is 7.27. The molecule has 0 aliphatic heterocycles. The van der Waals surface area contributed by atoms with Gasteiger partial charge in [0.25, 0.3) is 0 Å². The number of hydrogen-bond acceptors (Lipinski definition) is 2. The molecule has 3 heteroatoms. The van der Waals surface area contributed by atoms with E-state index in [0.717, 1.165) is 17.2 Å². The highest BCUT2D eigenvalue weighted by Crippen LogP contribution is 2.27. The smallest absolute Gasteiger partial charge is 0.0417 e. The van der Waals surface area contributed by atoms with Crippen LogP contribution in [0, 0.1) is 0 Å². The third-order valence-corrected chi connectivity index (χ3v) is 3.62. The van der Waals surface area contributed by atoms with Crippen molar-refractivity contribution in [1.82, 2.24) is 0 Å². The molecule has 0 aliphatic carbocycles. The van der Waals surface area contributed by atoms with Crippen LogP contribution in [0.25, 0.3) is 0 Å². The highest BCUT2D eigenvalue weighted by atomic mass is 35.5. The maximum Gasteiger partial charge on any atom is 0.0417 e. The van der Waals surface area contributed by atoms with E-state index in [1.807, 2.05) is 23.9 Å². The minimum atomic E-state index is 0.697. The van der Waals surface area contributed by atoms with Crippen molar-refractivity contribution in [2.24, 2.45) is 5.73 Å². The van der Waals surface area contributed by atoms with Gasteiger partial charge in [-0.15, -0.1) is 11.8 Å². The van der Waals surface area contributed by atoms with E-state index in [-0.39, 0.29) is 0 Å². The molecule has 1 nitrogen and oxygen atoms in total. The van der Waals surface area contributed by atoms with Crippen LogP contribution in [-0.2, 0) is 6.42 Å². The molecule has 0 aliphatic rings. The van der Waals surface area contributed by atoms with Gasteiger partial charge >= 0.3 is 0 Å². The molecule has 2 N–H and O–H groups in total. The molecule has 0 heterocycles. The first-order valence-electron chi connectivity index (χ1n) is 5.39. The van der Waals surface area contributed by atoms with Gasteiger partial charge in [-0.25, -0.2) is 0 Å². The predicted molar refractivity (Wildman–Crippen MR) is 69.8 cm³/mol. The zero-order valence-electron chi connectivity index (χ0n) is 9.13. The second kappa shape index (κ2) is 7.15. The fourth-order valence-electron chi connectivity index (χ4n) is 1.35. The zero-order valence-corrected chi connectivity index (χ0v) is 10.7. The van der Waals surface area contributed by atoms with Crippen LogP contribution in [0.4, 0.5) is 0 Å². The topological polar surface area (TPSA) is 26.0 Å². The summed E-state index contributed by atoms with van der Waals surface area (Å²) in [5.41, 5.74) is 6.90. The summed E-state index contributed by atoms with van der Waals surface area (Å²) in [5.74, 6) is 1.16. The molecule has 0 atom stereocenters. The molecule has 15 heavy (non-hydrogen) atoms. The molecule has 0 fully saturated rings. The van der Waals surface area contributed by atoms with Crippen LogP contribution < -0.4 is 5.73 Å². The Morgan fingerprint density at radius 2 is 2.20 bits per heavy atom. The fraction of sp³-hybridized carbons (Fsp3) is 0.500. The van der Waals surface area contributed by atoms with Crippen molar-refractivity contribution in [3.05, 3.63) is 28.8 Å². The van der Waals surface area contributed by atoms with Gasteiger partial charge in [0.15, 0.2) is 0 Å². The van der Waals surface area contributed by atoms with E-state index in [1.54, 1.807) is 0 Å². The van der Waals surface area contributed by atoms with Crippen LogP contribution in [-0.4, -0.2) is 12.3 Å². The fourth-order valence-corrected chi connectivity index (χ4v) is 2.81. The number of halogens is 1. The van der Waals surface area contributed by atoms with Gasteiger partial charge in [-0.1, -0.05) is 31.0 Å². The lowest BCUT2D eigenvalue weighted by atomic mass is 10.1. The summed E-state index contributed by atoms with van der Waals surface area (Å²) in [6, 6.07) is 6.08. The minimum Gasteiger partial charge on any atom is -0.330 e. The molecule has 1 rings (SSSR count). The van der Waals surface area contributed by atoms with Gasteiger partial charge in [-0.2, -0.15) is 0 Å². The number of hydrogen-bond donors (Lipinski definition) is 1.